The predicted octanol–water partition coefficient (Wildman–Crippen LogP) is 4.35. The first-order chi connectivity index (χ1) is 8.29. The smallest absolute Gasteiger partial charge is 0.110 e. The maximum absolute atomic E-state index is 4.43. The van der Waals surface area contributed by atoms with Gasteiger partial charge < -0.3 is 5.32 Å². The molecule has 1 aromatic heterocycles. The molecule has 4 heteroatoms. The summed E-state index contributed by atoms with van der Waals surface area (Å²) in [5.41, 5.74) is 0.162. The largest absolute Gasteiger partial charge is 0.311 e. The lowest BCUT2D eigenvalue weighted by atomic mass is 10.1. The molecule has 0 saturated heterocycles. The van der Waals surface area contributed by atoms with Gasteiger partial charge in [0, 0.05) is 28.0 Å². The van der Waals surface area contributed by atoms with Gasteiger partial charge in [-0.25, -0.2) is 4.98 Å². The van der Waals surface area contributed by atoms with Crippen LogP contribution in [0.15, 0.2) is 27.8 Å². The van der Waals surface area contributed by atoms with Gasteiger partial charge in [0.25, 0.3) is 0 Å². The van der Waals surface area contributed by atoms with E-state index in [1.807, 2.05) is 30.1 Å². The van der Waals surface area contributed by atoms with Gasteiger partial charge in [0.2, 0.25) is 0 Å². The van der Waals surface area contributed by atoms with Crippen molar-refractivity contribution < 1.29 is 0 Å². The summed E-state index contributed by atoms with van der Waals surface area (Å²) in [6.45, 7) is 12.1. The van der Waals surface area contributed by atoms with Gasteiger partial charge in [-0.1, -0.05) is 13.8 Å². The normalized spacial score (nSPS) is 13.9. The van der Waals surface area contributed by atoms with Gasteiger partial charge >= 0.3 is 0 Å². The number of pyridine rings is 1. The summed E-state index contributed by atoms with van der Waals surface area (Å²) in [4.78, 5) is 4.43. The molecule has 2 nitrogen and oxygen atoms in total. The van der Waals surface area contributed by atoms with E-state index in [1.165, 1.54) is 0 Å². The third-order valence-corrected chi connectivity index (χ3v) is 5.03. The zero-order valence-electron chi connectivity index (χ0n) is 11.8. The number of halogens is 1. The van der Waals surface area contributed by atoms with Crippen molar-refractivity contribution in [3.05, 3.63) is 22.8 Å². The quantitative estimate of drug-likeness (QED) is 0.812. The van der Waals surface area contributed by atoms with E-state index >= 15 is 0 Å². The van der Waals surface area contributed by atoms with E-state index in [2.05, 4.69) is 60.8 Å². The second-order valence-corrected chi connectivity index (χ2v) is 7.90. The Balaban J connectivity index is 2.67. The topological polar surface area (TPSA) is 24.9 Å². The van der Waals surface area contributed by atoms with Gasteiger partial charge in [0.05, 0.1) is 0 Å². The predicted molar refractivity (Wildman–Crippen MR) is 84.2 cm³/mol. The van der Waals surface area contributed by atoms with E-state index in [1.54, 1.807) is 0 Å². The lowest BCUT2D eigenvalue weighted by Crippen LogP contribution is -2.41. The molecule has 0 fully saturated rings. The average Bonchev–Trinajstić information content (AvgIpc) is 2.24. The van der Waals surface area contributed by atoms with Crippen molar-refractivity contribution in [3.63, 3.8) is 0 Å². The van der Waals surface area contributed by atoms with Crippen LogP contribution in [0.2, 0.25) is 0 Å². The van der Waals surface area contributed by atoms with Gasteiger partial charge in [0.15, 0.2) is 0 Å². The minimum absolute atomic E-state index is 0.162. The zero-order valence-corrected chi connectivity index (χ0v) is 14.2. The molecule has 0 aromatic carbocycles. The van der Waals surface area contributed by atoms with Gasteiger partial charge in [-0.3, -0.25) is 0 Å². The van der Waals surface area contributed by atoms with E-state index < -0.39 is 0 Å². The molecule has 1 N–H and O–H groups in total. The monoisotopic (exact) mass is 330 g/mol. The average molecular weight is 331 g/mol. The van der Waals surface area contributed by atoms with Crippen molar-refractivity contribution in [1.82, 2.24) is 10.3 Å². The first-order valence-corrected chi connectivity index (χ1v) is 7.99. The van der Waals surface area contributed by atoms with Crippen LogP contribution >= 0.6 is 27.7 Å². The Morgan fingerprint density at radius 1 is 1.39 bits per heavy atom. The van der Waals surface area contributed by atoms with Crippen LogP contribution in [0.4, 0.5) is 0 Å². The van der Waals surface area contributed by atoms with Crippen LogP contribution in [-0.2, 0) is 0 Å². The summed E-state index contributed by atoms with van der Waals surface area (Å²) >= 11 is 5.40. The number of nitrogens with one attached hydrogen (secondary N) is 1. The van der Waals surface area contributed by atoms with Gasteiger partial charge in [-0.15, -0.1) is 11.8 Å². The molecule has 0 aliphatic carbocycles. The highest BCUT2D eigenvalue weighted by Crippen LogP contribution is 2.31. The molecule has 0 amide bonds. The second-order valence-electron chi connectivity index (χ2n) is 5.82. The van der Waals surface area contributed by atoms with Crippen molar-refractivity contribution in [2.24, 2.45) is 5.92 Å². The highest BCUT2D eigenvalue weighted by Gasteiger charge is 2.19. The Labute approximate surface area is 123 Å². The standard InChI is InChI=1S/C14H23BrN2S/c1-10(2)12(9-17-14(3,4)5)18-13-11(15)7-6-8-16-13/h6-8,10,12,17H,9H2,1-5H3. The van der Waals surface area contributed by atoms with Crippen LogP contribution in [0.1, 0.15) is 34.6 Å². The number of hydrogen-bond acceptors (Lipinski definition) is 3. The lowest BCUT2D eigenvalue weighted by Gasteiger charge is -2.27. The van der Waals surface area contributed by atoms with Crippen molar-refractivity contribution in [2.75, 3.05) is 6.54 Å². The van der Waals surface area contributed by atoms with E-state index in [0.717, 1.165) is 16.0 Å². The summed E-state index contributed by atoms with van der Waals surface area (Å²) < 4.78 is 1.08. The minimum Gasteiger partial charge on any atom is -0.311 e. The fourth-order valence-electron chi connectivity index (χ4n) is 1.42. The van der Waals surface area contributed by atoms with Crippen LogP contribution in [0.25, 0.3) is 0 Å². The molecule has 1 aromatic rings. The highest BCUT2D eigenvalue weighted by atomic mass is 79.9. The van der Waals surface area contributed by atoms with E-state index in [9.17, 15) is 0 Å². The summed E-state index contributed by atoms with van der Waals surface area (Å²) in [6.07, 6.45) is 1.85. The molecule has 1 rings (SSSR count). The number of hydrogen-bond donors (Lipinski definition) is 1. The van der Waals surface area contributed by atoms with Crippen LogP contribution in [-0.4, -0.2) is 22.3 Å². The summed E-state index contributed by atoms with van der Waals surface area (Å²) in [5.74, 6) is 0.610. The Hall–Kier alpha value is -0.0600. The number of nitrogens with zero attached hydrogens (tertiary/aromatic N) is 1. The third kappa shape index (κ3) is 5.72. The summed E-state index contributed by atoms with van der Waals surface area (Å²) in [5, 5.41) is 5.18. The molecule has 0 saturated carbocycles. The lowest BCUT2D eigenvalue weighted by molar-refractivity contribution is 0.407. The maximum atomic E-state index is 4.43. The van der Waals surface area contributed by atoms with Crippen molar-refractivity contribution in [3.8, 4) is 0 Å². The fraction of sp³-hybridized carbons (Fsp3) is 0.643. The first kappa shape index (κ1) is 16.0. The van der Waals surface area contributed by atoms with Crippen molar-refractivity contribution in [2.45, 2.75) is 50.4 Å². The number of aromatic nitrogens is 1. The van der Waals surface area contributed by atoms with Crippen molar-refractivity contribution >= 4 is 27.7 Å². The van der Waals surface area contributed by atoms with Gasteiger partial charge in [-0.2, -0.15) is 0 Å². The van der Waals surface area contributed by atoms with Crippen LogP contribution < -0.4 is 5.32 Å². The molecule has 0 radical (unpaired) electrons. The molecule has 1 atom stereocenters. The van der Waals surface area contributed by atoms with Gasteiger partial charge in [-0.05, 0) is 54.8 Å². The highest BCUT2D eigenvalue weighted by molar-refractivity contribution is 9.10. The molecule has 0 spiro atoms. The van der Waals surface area contributed by atoms with Crippen molar-refractivity contribution in [1.29, 1.82) is 0 Å². The second kappa shape index (κ2) is 6.92. The number of thioether (sulfide) groups is 1. The SMILES string of the molecule is CC(C)C(CNC(C)(C)C)Sc1ncccc1Br. The Morgan fingerprint density at radius 2 is 2.06 bits per heavy atom. The minimum atomic E-state index is 0.162. The molecule has 1 heterocycles. The molecular weight excluding hydrogens is 308 g/mol. The van der Waals surface area contributed by atoms with Crippen LogP contribution in [0, 0.1) is 5.92 Å². The molecule has 0 aliphatic rings. The summed E-state index contributed by atoms with van der Waals surface area (Å²) in [7, 11) is 0. The Morgan fingerprint density at radius 3 is 2.56 bits per heavy atom. The van der Waals surface area contributed by atoms with Gasteiger partial charge in [0.1, 0.15) is 5.03 Å². The van der Waals surface area contributed by atoms with E-state index in [0.29, 0.717) is 11.2 Å². The first-order valence-electron chi connectivity index (χ1n) is 6.32. The fourth-order valence-corrected chi connectivity index (χ4v) is 2.98. The van der Waals surface area contributed by atoms with E-state index in [-0.39, 0.29) is 5.54 Å². The molecule has 0 aliphatic heterocycles. The Kier molecular flexibility index (Phi) is 6.15. The van der Waals surface area contributed by atoms with E-state index in [4.69, 9.17) is 0 Å². The molecule has 102 valence electrons. The van der Waals surface area contributed by atoms with Crippen LogP contribution in [0.3, 0.4) is 0 Å². The third-order valence-electron chi connectivity index (χ3n) is 2.56. The molecule has 0 bridgehead atoms. The maximum Gasteiger partial charge on any atom is 0.110 e. The Bertz CT molecular complexity index is 374. The number of rotatable bonds is 5. The molecule has 1 unspecified atom stereocenters. The zero-order chi connectivity index (χ0) is 13.8. The molecule has 18 heavy (non-hydrogen) atoms. The summed E-state index contributed by atoms with van der Waals surface area (Å²) in [6, 6.07) is 4.00. The molecular formula is C14H23BrN2S. The van der Waals surface area contributed by atoms with Crippen LogP contribution in [0.5, 0.6) is 0 Å².